The molecule has 0 amide bonds. The summed E-state index contributed by atoms with van der Waals surface area (Å²) in [6, 6.07) is 8.17. The third-order valence-electron chi connectivity index (χ3n) is 3.81. The van der Waals surface area contributed by atoms with Crippen LogP contribution < -0.4 is 4.90 Å². The molecule has 102 valence electrons. The summed E-state index contributed by atoms with van der Waals surface area (Å²) in [5.74, 6) is 0.976. The Morgan fingerprint density at radius 3 is 2.80 bits per heavy atom. The molecule has 1 aliphatic rings. The minimum absolute atomic E-state index is 0.976. The highest BCUT2D eigenvalue weighted by atomic mass is 32.1. The third-order valence-corrected chi connectivity index (χ3v) is 4.70. The zero-order valence-corrected chi connectivity index (χ0v) is 12.0. The number of anilines is 1. The van der Waals surface area contributed by atoms with E-state index in [-0.39, 0.29) is 0 Å². The molecule has 0 spiro atoms. The topological polar surface area (TPSA) is 34.0 Å². The number of imidazole rings is 1. The highest BCUT2D eigenvalue weighted by molar-refractivity contribution is 7.14. The van der Waals surface area contributed by atoms with Crippen molar-refractivity contribution in [3.8, 4) is 5.82 Å². The van der Waals surface area contributed by atoms with Gasteiger partial charge in [-0.1, -0.05) is 12.1 Å². The Morgan fingerprint density at radius 1 is 1.05 bits per heavy atom. The largest absolute Gasteiger partial charge is 0.348 e. The number of nitrogens with zero attached hydrogens (tertiary/aromatic N) is 4. The fraction of sp³-hybridized carbons (Fsp3) is 0.333. The van der Waals surface area contributed by atoms with Gasteiger partial charge in [0.15, 0.2) is 10.9 Å². The minimum atomic E-state index is 0.976. The van der Waals surface area contributed by atoms with Crippen LogP contribution >= 0.6 is 11.3 Å². The maximum Gasteiger partial charge on any atom is 0.187 e. The second kappa shape index (κ2) is 4.90. The maximum absolute atomic E-state index is 4.79. The number of fused-ring (bicyclic) bond motifs is 1. The van der Waals surface area contributed by atoms with Gasteiger partial charge < -0.3 is 4.90 Å². The van der Waals surface area contributed by atoms with Gasteiger partial charge >= 0.3 is 0 Å². The highest BCUT2D eigenvalue weighted by Gasteiger charge is 2.15. The van der Waals surface area contributed by atoms with Crippen molar-refractivity contribution in [2.75, 3.05) is 18.0 Å². The first-order valence-electron chi connectivity index (χ1n) is 7.05. The van der Waals surface area contributed by atoms with Crippen LogP contribution in [-0.4, -0.2) is 27.6 Å². The van der Waals surface area contributed by atoms with Gasteiger partial charge in [0, 0.05) is 18.5 Å². The van der Waals surface area contributed by atoms with Gasteiger partial charge in [0.05, 0.1) is 11.0 Å². The Morgan fingerprint density at radius 2 is 1.90 bits per heavy atom. The Balaban J connectivity index is 1.70. The van der Waals surface area contributed by atoms with Crippen LogP contribution in [0.1, 0.15) is 19.3 Å². The Labute approximate surface area is 121 Å². The second-order valence-electron chi connectivity index (χ2n) is 5.14. The molecule has 4 nitrogen and oxygen atoms in total. The SMILES string of the molecule is c1ccc2c(c1)ncn2-c1csc(N2CCCCC2)n1. The molecule has 1 aromatic carbocycles. The van der Waals surface area contributed by atoms with Gasteiger partial charge in [-0.15, -0.1) is 11.3 Å². The van der Waals surface area contributed by atoms with E-state index in [9.17, 15) is 0 Å². The summed E-state index contributed by atoms with van der Waals surface area (Å²) >= 11 is 1.73. The van der Waals surface area contributed by atoms with Gasteiger partial charge in [-0.05, 0) is 31.4 Å². The van der Waals surface area contributed by atoms with Crippen LogP contribution in [0.2, 0.25) is 0 Å². The molecule has 0 radical (unpaired) electrons. The monoisotopic (exact) mass is 284 g/mol. The molecule has 3 heterocycles. The molecule has 0 bridgehead atoms. The average Bonchev–Trinajstić information content (AvgIpc) is 3.14. The summed E-state index contributed by atoms with van der Waals surface area (Å²) in [4.78, 5) is 11.6. The lowest BCUT2D eigenvalue weighted by molar-refractivity contribution is 0.576. The molecule has 20 heavy (non-hydrogen) atoms. The number of benzene rings is 1. The van der Waals surface area contributed by atoms with Gasteiger partial charge in [-0.2, -0.15) is 0 Å². The molecule has 0 N–H and O–H groups in total. The first kappa shape index (κ1) is 11.9. The molecule has 1 fully saturated rings. The van der Waals surface area contributed by atoms with E-state index < -0.39 is 0 Å². The fourth-order valence-corrected chi connectivity index (χ4v) is 3.59. The van der Waals surface area contributed by atoms with Crippen LogP contribution in [0.25, 0.3) is 16.9 Å². The molecule has 1 saturated heterocycles. The molecular formula is C15H16N4S. The Hall–Kier alpha value is -1.88. The van der Waals surface area contributed by atoms with Crippen molar-refractivity contribution in [3.05, 3.63) is 36.0 Å². The van der Waals surface area contributed by atoms with E-state index in [1.807, 2.05) is 24.5 Å². The predicted octanol–water partition coefficient (Wildman–Crippen LogP) is 3.47. The van der Waals surface area contributed by atoms with Crippen molar-refractivity contribution in [1.82, 2.24) is 14.5 Å². The van der Waals surface area contributed by atoms with E-state index in [0.29, 0.717) is 0 Å². The first-order valence-corrected chi connectivity index (χ1v) is 7.93. The van der Waals surface area contributed by atoms with E-state index in [1.54, 1.807) is 11.3 Å². The number of rotatable bonds is 2. The van der Waals surface area contributed by atoms with Crippen LogP contribution in [-0.2, 0) is 0 Å². The van der Waals surface area contributed by atoms with E-state index in [1.165, 1.54) is 19.3 Å². The lowest BCUT2D eigenvalue weighted by Crippen LogP contribution is -2.29. The summed E-state index contributed by atoms with van der Waals surface area (Å²) in [7, 11) is 0. The van der Waals surface area contributed by atoms with Gasteiger partial charge in [-0.25, -0.2) is 9.97 Å². The number of hydrogen-bond acceptors (Lipinski definition) is 4. The van der Waals surface area contributed by atoms with Crippen molar-refractivity contribution in [2.45, 2.75) is 19.3 Å². The quantitative estimate of drug-likeness (QED) is 0.722. The van der Waals surface area contributed by atoms with Crippen LogP contribution in [0.5, 0.6) is 0 Å². The van der Waals surface area contributed by atoms with Crippen LogP contribution in [0.3, 0.4) is 0 Å². The van der Waals surface area contributed by atoms with Gasteiger partial charge in [0.25, 0.3) is 0 Å². The molecule has 0 unspecified atom stereocenters. The van der Waals surface area contributed by atoms with E-state index in [4.69, 9.17) is 4.98 Å². The molecule has 4 rings (SSSR count). The van der Waals surface area contributed by atoms with Crippen LogP contribution in [0.4, 0.5) is 5.13 Å². The van der Waals surface area contributed by atoms with Crippen LogP contribution in [0, 0.1) is 0 Å². The highest BCUT2D eigenvalue weighted by Crippen LogP contribution is 2.27. The van der Waals surface area contributed by atoms with Gasteiger partial charge in [0.1, 0.15) is 6.33 Å². The standard InChI is InChI=1S/C15H16N4S/c1-4-8-18(9-5-1)15-17-14(10-20-15)19-11-16-12-6-2-3-7-13(12)19/h2-3,6-7,10-11H,1,4-5,8-9H2. The Bertz CT molecular complexity index is 724. The molecule has 3 aromatic rings. The van der Waals surface area contributed by atoms with Crippen molar-refractivity contribution in [3.63, 3.8) is 0 Å². The maximum atomic E-state index is 4.79. The molecule has 0 aliphatic carbocycles. The van der Waals surface area contributed by atoms with E-state index in [0.717, 1.165) is 35.1 Å². The summed E-state index contributed by atoms with van der Waals surface area (Å²) in [6.45, 7) is 2.27. The van der Waals surface area contributed by atoms with Crippen molar-refractivity contribution < 1.29 is 0 Å². The molecule has 0 atom stereocenters. The van der Waals surface area contributed by atoms with E-state index >= 15 is 0 Å². The van der Waals surface area contributed by atoms with Gasteiger partial charge in [0.2, 0.25) is 0 Å². The normalized spacial score (nSPS) is 15.9. The number of para-hydroxylation sites is 2. The fourth-order valence-electron chi connectivity index (χ4n) is 2.74. The average molecular weight is 284 g/mol. The van der Waals surface area contributed by atoms with Gasteiger partial charge in [-0.3, -0.25) is 4.57 Å². The second-order valence-corrected chi connectivity index (χ2v) is 5.98. The predicted molar refractivity (Wildman–Crippen MR) is 82.8 cm³/mol. The molecule has 5 heteroatoms. The first-order chi connectivity index (χ1) is 9.92. The third kappa shape index (κ3) is 1.98. The number of hydrogen-bond donors (Lipinski definition) is 0. The summed E-state index contributed by atoms with van der Waals surface area (Å²) in [5, 5.41) is 3.26. The number of aromatic nitrogens is 3. The molecule has 2 aromatic heterocycles. The smallest absolute Gasteiger partial charge is 0.187 e. The lowest BCUT2D eigenvalue weighted by Gasteiger charge is -2.25. The Kier molecular flexibility index (Phi) is 2.92. The zero-order valence-electron chi connectivity index (χ0n) is 11.2. The van der Waals surface area contributed by atoms with Crippen LogP contribution in [0.15, 0.2) is 36.0 Å². The molecular weight excluding hydrogens is 268 g/mol. The molecule has 1 aliphatic heterocycles. The van der Waals surface area contributed by atoms with Crippen molar-refractivity contribution in [1.29, 1.82) is 0 Å². The van der Waals surface area contributed by atoms with Crippen molar-refractivity contribution >= 4 is 27.5 Å². The number of piperidine rings is 1. The zero-order chi connectivity index (χ0) is 13.4. The van der Waals surface area contributed by atoms with Crippen molar-refractivity contribution in [2.24, 2.45) is 0 Å². The van der Waals surface area contributed by atoms with E-state index in [2.05, 4.69) is 25.9 Å². The summed E-state index contributed by atoms with van der Waals surface area (Å²) in [6.07, 6.45) is 5.77. The lowest BCUT2D eigenvalue weighted by atomic mass is 10.1. The summed E-state index contributed by atoms with van der Waals surface area (Å²) < 4.78 is 2.07. The molecule has 0 saturated carbocycles. The number of thiazole rings is 1. The summed E-state index contributed by atoms with van der Waals surface area (Å²) in [5.41, 5.74) is 2.13. The minimum Gasteiger partial charge on any atom is -0.348 e.